The van der Waals surface area contributed by atoms with Gasteiger partial charge in [0.15, 0.2) is 0 Å². The van der Waals surface area contributed by atoms with Gasteiger partial charge in [-0.05, 0) is 57.5 Å². The van der Waals surface area contributed by atoms with Crippen molar-refractivity contribution in [2.75, 3.05) is 0 Å². The van der Waals surface area contributed by atoms with Gasteiger partial charge in [-0.2, -0.15) is 0 Å². The third-order valence-corrected chi connectivity index (χ3v) is 3.72. The predicted molar refractivity (Wildman–Crippen MR) is 85.0 cm³/mol. The van der Waals surface area contributed by atoms with Gasteiger partial charge in [0.05, 0.1) is 11.3 Å². The fourth-order valence-electron chi connectivity index (χ4n) is 2.52. The first-order valence-corrected chi connectivity index (χ1v) is 6.98. The minimum absolute atomic E-state index is 0.288. The van der Waals surface area contributed by atoms with E-state index < -0.39 is 5.97 Å². The van der Waals surface area contributed by atoms with E-state index in [2.05, 4.69) is 36.4 Å². The summed E-state index contributed by atoms with van der Waals surface area (Å²) in [5.74, 6) is -0.917. The van der Waals surface area contributed by atoms with Crippen LogP contribution in [0.1, 0.15) is 39.8 Å². The fourth-order valence-corrected chi connectivity index (χ4v) is 2.52. The van der Waals surface area contributed by atoms with E-state index in [0.29, 0.717) is 0 Å². The summed E-state index contributed by atoms with van der Waals surface area (Å²) < 4.78 is 2.24. The highest BCUT2D eigenvalue weighted by molar-refractivity contribution is 5.89. The molecule has 0 aliphatic heterocycles. The van der Waals surface area contributed by atoms with Gasteiger partial charge in [0.25, 0.3) is 0 Å². The number of carboxylic acids is 1. The van der Waals surface area contributed by atoms with E-state index >= 15 is 0 Å². The van der Waals surface area contributed by atoms with Gasteiger partial charge in [0.1, 0.15) is 0 Å². The molecule has 2 aromatic rings. The summed E-state index contributed by atoms with van der Waals surface area (Å²) in [6.07, 6.45) is 1.84. The van der Waals surface area contributed by atoms with E-state index in [-0.39, 0.29) is 5.56 Å². The number of hydrogen-bond donors (Lipinski definition) is 1. The quantitative estimate of drug-likeness (QED) is 0.866. The molecule has 1 aromatic heterocycles. The van der Waals surface area contributed by atoms with Crippen LogP contribution in [-0.4, -0.2) is 21.9 Å². The Labute approximate surface area is 124 Å². The molecule has 21 heavy (non-hydrogen) atoms. The number of nitrogens with zero attached hydrogens (tertiary/aromatic N) is 2. The average molecular weight is 284 g/mol. The van der Waals surface area contributed by atoms with Crippen LogP contribution in [0, 0.1) is 20.8 Å². The zero-order valence-corrected chi connectivity index (χ0v) is 12.8. The van der Waals surface area contributed by atoms with Gasteiger partial charge in [0, 0.05) is 29.7 Å². The largest absolute Gasteiger partial charge is 0.478 e. The number of hydrogen-bond acceptors (Lipinski definition) is 2. The second-order valence-corrected chi connectivity index (χ2v) is 5.14. The Morgan fingerprint density at radius 2 is 2.00 bits per heavy atom. The molecule has 0 saturated heterocycles. The van der Waals surface area contributed by atoms with Crippen LogP contribution in [0.3, 0.4) is 0 Å². The highest BCUT2D eigenvalue weighted by atomic mass is 16.4. The molecule has 0 aliphatic carbocycles. The van der Waals surface area contributed by atoms with Crippen molar-refractivity contribution in [1.82, 2.24) is 4.57 Å². The minimum atomic E-state index is -0.917. The second kappa shape index (κ2) is 5.95. The average Bonchev–Trinajstić information content (AvgIpc) is 2.71. The maximum Gasteiger partial charge on any atom is 0.335 e. The van der Waals surface area contributed by atoms with Crippen LogP contribution in [0.25, 0.3) is 0 Å². The summed E-state index contributed by atoms with van der Waals surface area (Å²) in [6.45, 7) is 9.10. The molecule has 1 N–H and O–H groups in total. The van der Waals surface area contributed by atoms with Gasteiger partial charge in [0.2, 0.25) is 0 Å². The normalized spacial score (nSPS) is 11.2. The van der Waals surface area contributed by atoms with Gasteiger partial charge in [-0.3, -0.25) is 4.99 Å². The van der Waals surface area contributed by atoms with Crippen molar-refractivity contribution in [2.45, 2.75) is 34.2 Å². The monoisotopic (exact) mass is 284 g/mol. The maximum atomic E-state index is 10.9. The number of benzene rings is 1. The van der Waals surface area contributed by atoms with Gasteiger partial charge >= 0.3 is 5.97 Å². The van der Waals surface area contributed by atoms with E-state index in [1.165, 1.54) is 11.4 Å². The lowest BCUT2D eigenvalue weighted by molar-refractivity contribution is 0.0697. The molecule has 2 rings (SSSR count). The smallest absolute Gasteiger partial charge is 0.335 e. The van der Waals surface area contributed by atoms with Crippen molar-refractivity contribution in [3.63, 3.8) is 0 Å². The van der Waals surface area contributed by atoms with Gasteiger partial charge in [-0.1, -0.05) is 0 Å². The zero-order chi connectivity index (χ0) is 15.6. The topological polar surface area (TPSA) is 54.6 Å². The van der Waals surface area contributed by atoms with Crippen molar-refractivity contribution in [3.05, 3.63) is 52.3 Å². The molecule has 4 nitrogen and oxygen atoms in total. The first-order valence-electron chi connectivity index (χ1n) is 6.98. The Morgan fingerprint density at radius 1 is 1.29 bits per heavy atom. The van der Waals surface area contributed by atoms with E-state index in [1.807, 2.05) is 13.1 Å². The van der Waals surface area contributed by atoms with Crippen molar-refractivity contribution in [1.29, 1.82) is 0 Å². The van der Waals surface area contributed by atoms with Crippen LogP contribution in [-0.2, 0) is 6.54 Å². The third-order valence-electron chi connectivity index (χ3n) is 3.72. The van der Waals surface area contributed by atoms with Crippen molar-refractivity contribution in [2.24, 2.45) is 4.99 Å². The number of rotatable bonds is 4. The maximum absolute atomic E-state index is 10.9. The summed E-state index contributed by atoms with van der Waals surface area (Å²) >= 11 is 0. The zero-order valence-electron chi connectivity index (χ0n) is 12.8. The summed E-state index contributed by atoms with van der Waals surface area (Å²) in [7, 11) is 0. The van der Waals surface area contributed by atoms with Crippen molar-refractivity contribution >= 4 is 17.9 Å². The number of carboxylic acid groups (broad SMARTS) is 1. The molecule has 1 aromatic carbocycles. The Hall–Kier alpha value is -2.36. The number of aromatic nitrogens is 1. The molecule has 0 atom stereocenters. The highest BCUT2D eigenvalue weighted by Gasteiger charge is 2.07. The molecule has 0 unspecified atom stereocenters. The van der Waals surface area contributed by atoms with Crippen LogP contribution >= 0.6 is 0 Å². The van der Waals surface area contributed by atoms with Crippen LogP contribution in [0.5, 0.6) is 0 Å². The summed E-state index contributed by atoms with van der Waals surface area (Å²) in [5, 5.41) is 8.96. The van der Waals surface area contributed by atoms with Crippen LogP contribution in [0.4, 0.5) is 5.69 Å². The first-order chi connectivity index (χ1) is 9.93. The Kier molecular flexibility index (Phi) is 4.26. The number of aliphatic imine (C=N–C) groups is 1. The lowest BCUT2D eigenvalue weighted by Gasteiger charge is -2.04. The fraction of sp³-hybridized carbons (Fsp3) is 0.294. The van der Waals surface area contributed by atoms with Gasteiger partial charge in [-0.15, -0.1) is 0 Å². The molecule has 0 bridgehead atoms. The van der Waals surface area contributed by atoms with Gasteiger partial charge in [-0.25, -0.2) is 4.79 Å². The summed E-state index contributed by atoms with van der Waals surface area (Å²) in [5.41, 5.74) is 5.44. The lowest BCUT2D eigenvalue weighted by atomic mass is 10.1. The molecule has 1 heterocycles. The van der Waals surface area contributed by atoms with Gasteiger partial charge < -0.3 is 9.67 Å². The summed E-state index contributed by atoms with van der Waals surface area (Å²) in [4.78, 5) is 15.4. The van der Waals surface area contributed by atoms with Crippen LogP contribution < -0.4 is 0 Å². The van der Waals surface area contributed by atoms with E-state index in [4.69, 9.17) is 5.11 Å². The minimum Gasteiger partial charge on any atom is -0.478 e. The molecule has 0 radical (unpaired) electrons. The lowest BCUT2D eigenvalue weighted by Crippen LogP contribution is -1.99. The molecule has 110 valence electrons. The molecule has 4 heteroatoms. The van der Waals surface area contributed by atoms with Crippen molar-refractivity contribution < 1.29 is 9.90 Å². The van der Waals surface area contributed by atoms with Crippen LogP contribution in [0.2, 0.25) is 0 Å². The van der Waals surface area contributed by atoms with Crippen LogP contribution in [0.15, 0.2) is 29.3 Å². The first kappa shape index (κ1) is 15.0. The molecule has 0 saturated carbocycles. The SMILES string of the molecule is CCn1c(C)cc(C=Nc2ccc(C(=O)O)cc2C)c1C. The number of aryl methyl sites for hydroxylation is 2. The second-order valence-electron chi connectivity index (χ2n) is 5.14. The Balaban J connectivity index is 2.32. The third kappa shape index (κ3) is 3.05. The molecule has 0 fully saturated rings. The van der Waals surface area contributed by atoms with E-state index in [1.54, 1.807) is 18.2 Å². The van der Waals surface area contributed by atoms with E-state index in [9.17, 15) is 4.79 Å². The Bertz CT molecular complexity index is 712. The Morgan fingerprint density at radius 3 is 2.52 bits per heavy atom. The summed E-state index contributed by atoms with van der Waals surface area (Å²) in [6, 6.07) is 7.08. The molecular formula is C17H20N2O2. The van der Waals surface area contributed by atoms with Crippen molar-refractivity contribution in [3.8, 4) is 0 Å². The molecular weight excluding hydrogens is 264 g/mol. The van der Waals surface area contributed by atoms with E-state index in [0.717, 1.165) is 23.4 Å². The predicted octanol–water partition coefficient (Wildman–Crippen LogP) is 3.88. The highest BCUT2D eigenvalue weighted by Crippen LogP contribution is 2.21. The molecule has 0 aliphatic rings. The molecule has 0 amide bonds. The standard InChI is InChI=1S/C17H20N2O2/c1-5-19-12(3)9-15(13(19)4)10-18-16-7-6-14(17(20)21)8-11(16)2/h6-10H,5H2,1-4H3,(H,20,21). The molecule has 0 spiro atoms. The number of aromatic carboxylic acids is 1. The number of carbonyl (C=O) groups is 1.